The number of carbonyl (C=O) groups excluding carboxylic acids is 5. The third-order valence-electron chi connectivity index (χ3n) is 5.66. The Hall–Kier alpha value is -3.01. The smallest absolute Gasteiger partial charge is 0.339 e. The molecular formula is C25H38FIN6O6. The SMILES string of the molecule is CC(C)C[C@H](NC(=O)NO)C(=O)N[C@@H](Cc1ccc(I)cc1)C(=O)N[C@@H](CCCCNC(=O)C(C)F)C(N)=O. The molecule has 0 aliphatic heterocycles. The zero-order valence-electron chi connectivity index (χ0n) is 22.3. The number of carbonyl (C=O) groups is 5. The first-order valence-corrected chi connectivity index (χ1v) is 13.7. The van der Waals surface area contributed by atoms with Gasteiger partial charge in [0.1, 0.15) is 18.1 Å². The highest BCUT2D eigenvalue weighted by Crippen LogP contribution is 2.11. The summed E-state index contributed by atoms with van der Waals surface area (Å²) in [4.78, 5) is 61.4. The lowest BCUT2D eigenvalue weighted by molar-refractivity contribution is -0.132. The molecule has 0 saturated carbocycles. The lowest BCUT2D eigenvalue weighted by Crippen LogP contribution is -2.57. The molecule has 0 spiro atoms. The molecule has 1 aromatic rings. The first kappa shape index (κ1) is 34.0. The van der Waals surface area contributed by atoms with E-state index in [0.29, 0.717) is 12.8 Å². The van der Waals surface area contributed by atoms with Crippen molar-refractivity contribution in [3.8, 4) is 0 Å². The summed E-state index contributed by atoms with van der Waals surface area (Å²) in [7, 11) is 0. The molecule has 12 nitrogen and oxygen atoms in total. The second-order valence-electron chi connectivity index (χ2n) is 9.53. The number of rotatable bonds is 16. The average Bonchev–Trinajstić information content (AvgIpc) is 2.87. The summed E-state index contributed by atoms with van der Waals surface area (Å²) in [5, 5.41) is 18.9. The van der Waals surface area contributed by atoms with Crippen LogP contribution in [0, 0.1) is 9.49 Å². The van der Waals surface area contributed by atoms with Gasteiger partial charge in [0.15, 0.2) is 6.17 Å². The largest absolute Gasteiger partial charge is 0.368 e. The highest BCUT2D eigenvalue weighted by molar-refractivity contribution is 14.1. The summed E-state index contributed by atoms with van der Waals surface area (Å²) >= 11 is 2.14. The molecule has 0 radical (unpaired) electrons. The van der Waals surface area contributed by atoms with Crippen LogP contribution in [0.25, 0.3) is 0 Å². The fourth-order valence-corrected chi connectivity index (χ4v) is 3.97. The Morgan fingerprint density at radius 3 is 2.03 bits per heavy atom. The van der Waals surface area contributed by atoms with Crippen molar-refractivity contribution in [1.29, 1.82) is 0 Å². The van der Waals surface area contributed by atoms with Gasteiger partial charge in [-0.25, -0.2) is 14.7 Å². The van der Waals surface area contributed by atoms with Crippen LogP contribution in [0.2, 0.25) is 0 Å². The molecule has 0 saturated heterocycles. The van der Waals surface area contributed by atoms with E-state index >= 15 is 0 Å². The summed E-state index contributed by atoms with van der Waals surface area (Å²) in [6.45, 7) is 5.01. The Kier molecular flexibility index (Phi) is 15.3. The lowest BCUT2D eigenvalue weighted by Gasteiger charge is -2.25. The van der Waals surface area contributed by atoms with Gasteiger partial charge in [-0.3, -0.25) is 24.4 Å². The van der Waals surface area contributed by atoms with Crippen molar-refractivity contribution in [3.63, 3.8) is 0 Å². The first-order chi connectivity index (χ1) is 18.3. The van der Waals surface area contributed by atoms with Gasteiger partial charge in [0.2, 0.25) is 17.7 Å². The zero-order valence-corrected chi connectivity index (χ0v) is 24.4. The summed E-state index contributed by atoms with van der Waals surface area (Å²) in [5.74, 6) is -2.80. The Labute approximate surface area is 240 Å². The average molecular weight is 665 g/mol. The van der Waals surface area contributed by atoms with Crippen LogP contribution in [0.3, 0.4) is 0 Å². The normalized spacial score (nSPS) is 13.9. The van der Waals surface area contributed by atoms with E-state index < -0.39 is 54.0 Å². The highest BCUT2D eigenvalue weighted by Gasteiger charge is 2.29. The Morgan fingerprint density at radius 2 is 1.49 bits per heavy atom. The van der Waals surface area contributed by atoms with Gasteiger partial charge in [-0.05, 0) is 78.8 Å². The number of hydrogen-bond acceptors (Lipinski definition) is 6. The van der Waals surface area contributed by atoms with Gasteiger partial charge >= 0.3 is 6.03 Å². The van der Waals surface area contributed by atoms with Crippen molar-refractivity contribution in [2.24, 2.45) is 11.7 Å². The Morgan fingerprint density at radius 1 is 0.897 bits per heavy atom. The number of urea groups is 1. The molecule has 0 aromatic heterocycles. The predicted octanol–water partition coefficient (Wildman–Crippen LogP) is 1.04. The molecule has 0 fully saturated rings. The Balaban J connectivity index is 2.98. The van der Waals surface area contributed by atoms with E-state index in [4.69, 9.17) is 10.9 Å². The molecule has 8 N–H and O–H groups in total. The van der Waals surface area contributed by atoms with Crippen LogP contribution < -0.4 is 32.5 Å². The summed E-state index contributed by atoms with van der Waals surface area (Å²) in [6.07, 6.45) is -0.306. The van der Waals surface area contributed by atoms with Crippen molar-refractivity contribution in [2.45, 2.75) is 77.2 Å². The number of primary amides is 1. The molecule has 39 heavy (non-hydrogen) atoms. The van der Waals surface area contributed by atoms with Crippen molar-refractivity contribution < 1.29 is 33.6 Å². The van der Waals surface area contributed by atoms with E-state index in [0.717, 1.165) is 16.1 Å². The molecule has 0 aliphatic carbocycles. The number of hydrogen-bond donors (Lipinski definition) is 7. The van der Waals surface area contributed by atoms with Gasteiger partial charge in [-0.1, -0.05) is 26.0 Å². The van der Waals surface area contributed by atoms with Crippen LogP contribution in [0.5, 0.6) is 0 Å². The van der Waals surface area contributed by atoms with Crippen molar-refractivity contribution in [2.75, 3.05) is 6.54 Å². The van der Waals surface area contributed by atoms with Gasteiger partial charge in [-0.15, -0.1) is 0 Å². The second-order valence-corrected chi connectivity index (χ2v) is 10.8. The van der Waals surface area contributed by atoms with Crippen LogP contribution in [0.15, 0.2) is 24.3 Å². The molecule has 6 amide bonds. The van der Waals surface area contributed by atoms with Crippen LogP contribution in [-0.4, -0.2) is 65.7 Å². The monoisotopic (exact) mass is 664 g/mol. The summed E-state index contributed by atoms with van der Waals surface area (Å²) < 4.78 is 13.9. The maximum atomic E-state index is 13.3. The van der Waals surface area contributed by atoms with E-state index in [1.165, 1.54) is 5.48 Å². The standard InChI is InChI=1S/C25H38FIN6O6/c1-14(2)12-19(32-25(38)33-39)23(36)31-20(13-16-7-9-17(27)10-8-16)24(37)30-18(21(28)34)6-4-5-11-29-22(35)15(3)26/h7-10,14-15,18-20,39H,4-6,11-13H2,1-3H3,(H2,28,34)(H,29,35)(H,30,37)(H,31,36)(H2,32,33,38)/t15?,18-,19-,20-/m0/s1. The van der Waals surface area contributed by atoms with E-state index in [-0.39, 0.29) is 31.7 Å². The van der Waals surface area contributed by atoms with Crippen LogP contribution in [0.1, 0.15) is 52.0 Å². The van der Waals surface area contributed by atoms with Gasteiger partial charge < -0.3 is 27.0 Å². The number of benzene rings is 1. The number of amides is 6. The van der Waals surface area contributed by atoms with Crippen LogP contribution in [0.4, 0.5) is 9.18 Å². The molecule has 1 unspecified atom stereocenters. The highest BCUT2D eigenvalue weighted by atomic mass is 127. The van der Waals surface area contributed by atoms with Gasteiger partial charge in [0.05, 0.1) is 0 Å². The van der Waals surface area contributed by atoms with Crippen LogP contribution in [-0.2, 0) is 25.6 Å². The van der Waals surface area contributed by atoms with E-state index in [1.54, 1.807) is 12.1 Å². The molecule has 14 heteroatoms. The fraction of sp³-hybridized carbons (Fsp3) is 0.560. The lowest BCUT2D eigenvalue weighted by atomic mass is 10.0. The third-order valence-corrected chi connectivity index (χ3v) is 6.38. The van der Waals surface area contributed by atoms with Crippen molar-refractivity contribution >= 4 is 52.3 Å². The number of nitrogens with two attached hydrogens (primary N) is 1. The molecule has 0 aliphatic rings. The van der Waals surface area contributed by atoms with E-state index in [2.05, 4.69) is 43.9 Å². The quantitative estimate of drug-likeness (QED) is 0.0598. The molecule has 218 valence electrons. The maximum Gasteiger partial charge on any atom is 0.339 e. The molecular weight excluding hydrogens is 626 g/mol. The Bertz CT molecular complexity index is 978. The fourth-order valence-electron chi connectivity index (χ4n) is 3.61. The third kappa shape index (κ3) is 13.6. The summed E-state index contributed by atoms with van der Waals surface area (Å²) in [6, 6.07) is 3.11. The molecule has 4 atom stereocenters. The number of alkyl halides is 1. The van der Waals surface area contributed by atoms with E-state index in [1.807, 2.05) is 26.0 Å². The number of unbranched alkanes of at least 4 members (excludes halogenated alkanes) is 1. The van der Waals surface area contributed by atoms with E-state index in [9.17, 15) is 28.4 Å². The molecule has 1 rings (SSSR count). The number of nitrogens with one attached hydrogen (secondary N) is 5. The molecule has 0 heterocycles. The molecule has 1 aromatic carbocycles. The van der Waals surface area contributed by atoms with Gasteiger partial charge in [0.25, 0.3) is 5.91 Å². The minimum atomic E-state index is -1.63. The van der Waals surface area contributed by atoms with Crippen LogP contribution >= 0.6 is 22.6 Å². The maximum absolute atomic E-state index is 13.3. The number of hydroxylamine groups is 1. The summed E-state index contributed by atoms with van der Waals surface area (Å²) in [5.41, 5.74) is 7.65. The second kappa shape index (κ2) is 17.6. The van der Waals surface area contributed by atoms with Gasteiger partial charge in [-0.2, -0.15) is 0 Å². The predicted molar refractivity (Wildman–Crippen MR) is 150 cm³/mol. The minimum absolute atomic E-state index is 0.000333. The molecule has 0 bridgehead atoms. The van der Waals surface area contributed by atoms with Crippen molar-refractivity contribution in [3.05, 3.63) is 33.4 Å². The van der Waals surface area contributed by atoms with Gasteiger partial charge in [0, 0.05) is 16.5 Å². The number of halogens is 2. The minimum Gasteiger partial charge on any atom is -0.368 e. The van der Waals surface area contributed by atoms with Crippen molar-refractivity contribution in [1.82, 2.24) is 26.7 Å². The topological polar surface area (TPSA) is 192 Å². The zero-order chi connectivity index (χ0) is 29.5. The first-order valence-electron chi connectivity index (χ1n) is 12.6.